The molecule has 5 rings (SSSR count). The number of aromatic nitrogens is 4. The van der Waals surface area contributed by atoms with Crippen LogP contribution in [0.5, 0.6) is 0 Å². The second kappa shape index (κ2) is 9.05. The number of rotatable bonds is 4. The number of carbonyl (C=O) groups is 2. The van der Waals surface area contributed by atoms with Gasteiger partial charge < -0.3 is 9.52 Å². The maximum Gasteiger partial charge on any atom is 0.434 e. The number of aromatic carboxylic acids is 1. The summed E-state index contributed by atoms with van der Waals surface area (Å²) in [6.07, 6.45) is -1.78. The fraction of sp³-hybridized carbons (Fsp3) is 0.160. The molecule has 2 unspecified atom stereocenters. The first kappa shape index (κ1) is 26.1. The van der Waals surface area contributed by atoms with E-state index in [0.29, 0.717) is 4.68 Å². The summed E-state index contributed by atoms with van der Waals surface area (Å²) in [5.41, 5.74) is -2.96. The molecule has 2 aromatic carbocycles. The molecule has 2 atom stereocenters. The Bertz CT molecular complexity index is 1780. The molecule has 4 aromatic rings. The second-order valence-electron chi connectivity index (χ2n) is 8.84. The average molecular weight is 563 g/mol. The maximum absolute atomic E-state index is 15.0. The predicted molar refractivity (Wildman–Crippen MR) is 130 cm³/mol. The Morgan fingerprint density at radius 3 is 2.56 bits per heavy atom. The van der Waals surface area contributed by atoms with Gasteiger partial charge in [0.1, 0.15) is 11.5 Å². The number of carboxylic acids is 1. The zero-order valence-corrected chi connectivity index (χ0v) is 20.3. The highest BCUT2D eigenvalue weighted by Crippen LogP contribution is 2.50. The van der Waals surface area contributed by atoms with Crippen molar-refractivity contribution in [3.63, 3.8) is 0 Å². The summed E-state index contributed by atoms with van der Waals surface area (Å²) in [7, 11) is 0. The van der Waals surface area contributed by atoms with E-state index in [4.69, 9.17) is 21.1 Å². The van der Waals surface area contributed by atoms with Gasteiger partial charge in [-0.15, -0.1) is 5.10 Å². The van der Waals surface area contributed by atoms with Crippen LogP contribution in [0.3, 0.4) is 0 Å². The molecule has 0 saturated carbocycles. The Morgan fingerprint density at radius 2 is 1.95 bits per heavy atom. The first-order valence-electron chi connectivity index (χ1n) is 11.1. The number of carboxylic acid groups (broad SMARTS) is 1. The number of H-pyrrole nitrogens is 1. The van der Waals surface area contributed by atoms with Gasteiger partial charge in [-0.25, -0.2) is 19.1 Å². The van der Waals surface area contributed by atoms with Gasteiger partial charge in [0.15, 0.2) is 0 Å². The van der Waals surface area contributed by atoms with Crippen LogP contribution in [-0.2, 0) is 0 Å². The van der Waals surface area contributed by atoms with Crippen LogP contribution >= 0.6 is 11.6 Å². The van der Waals surface area contributed by atoms with Gasteiger partial charge in [-0.3, -0.25) is 4.79 Å². The Hall–Kier alpha value is -4.52. The number of hydrogen-bond acceptors (Lipinski definition) is 6. The summed E-state index contributed by atoms with van der Waals surface area (Å²) in [5, 5.41) is 18.9. The molecule has 0 radical (unpaired) electrons. The lowest BCUT2D eigenvalue weighted by atomic mass is 9.72. The fourth-order valence-electron chi connectivity index (χ4n) is 4.45. The largest absolute Gasteiger partial charge is 0.478 e. The minimum absolute atomic E-state index is 0.0685. The van der Waals surface area contributed by atoms with Gasteiger partial charge in [-0.05, 0) is 49.4 Å². The van der Waals surface area contributed by atoms with Gasteiger partial charge in [0, 0.05) is 21.5 Å². The average Bonchev–Trinajstić information content (AvgIpc) is 3.47. The van der Waals surface area contributed by atoms with Gasteiger partial charge >= 0.3 is 17.9 Å². The minimum atomic E-state index is -4.86. The number of aromatic amines is 1. The molecule has 1 aliphatic rings. The summed E-state index contributed by atoms with van der Waals surface area (Å²) in [5.74, 6) is -6.91. The quantitative estimate of drug-likeness (QED) is 0.318. The third-order valence-electron chi connectivity index (χ3n) is 6.49. The molecule has 0 bridgehead atoms. The number of hydrogen-bond donors (Lipinski definition) is 2. The zero-order valence-electron chi connectivity index (χ0n) is 19.6. The predicted octanol–water partition coefficient (Wildman–Crippen LogP) is 5.40. The molecule has 0 spiro atoms. The van der Waals surface area contributed by atoms with Crippen molar-refractivity contribution in [1.29, 1.82) is 0 Å². The van der Waals surface area contributed by atoms with Crippen LogP contribution in [-0.4, -0.2) is 43.1 Å². The molecule has 0 amide bonds. The maximum atomic E-state index is 15.0. The van der Waals surface area contributed by atoms with E-state index in [0.717, 1.165) is 37.3 Å². The van der Waals surface area contributed by atoms with Gasteiger partial charge in [0.05, 0.1) is 22.4 Å². The van der Waals surface area contributed by atoms with Crippen molar-refractivity contribution in [2.45, 2.75) is 13.1 Å². The lowest BCUT2D eigenvalue weighted by molar-refractivity contribution is -0.178. The van der Waals surface area contributed by atoms with Crippen molar-refractivity contribution in [1.82, 2.24) is 20.0 Å². The lowest BCUT2D eigenvalue weighted by Crippen LogP contribution is -2.46. The smallest absolute Gasteiger partial charge is 0.434 e. The molecule has 2 heterocycles. The number of benzene rings is 2. The normalized spacial score (nSPS) is 19.3. The van der Waals surface area contributed by atoms with Gasteiger partial charge in [-0.1, -0.05) is 23.8 Å². The van der Waals surface area contributed by atoms with Crippen molar-refractivity contribution in [2.24, 2.45) is 11.3 Å². The van der Waals surface area contributed by atoms with Crippen LogP contribution < -0.4 is 5.76 Å². The number of fused-ring (bicyclic) bond motifs is 1. The Morgan fingerprint density at radius 1 is 1.21 bits per heavy atom. The highest BCUT2D eigenvalue weighted by atomic mass is 35.5. The first-order chi connectivity index (χ1) is 18.3. The molecular formula is C25H15ClF4N4O5. The highest BCUT2D eigenvalue weighted by Gasteiger charge is 2.57. The van der Waals surface area contributed by atoms with E-state index >= 15 is 4.39 Å². The van der Waals surface area contributed by atoms with Crippen LogP contribution in [0.15, 0.2) is 68.9 Å². The molecule has 14 heteroatoms. The molecule has 2 N–H and O–H groups in total. The molecule has 39 heavy (non-hydrogen) atoms. The van der Waals surface area contributed by atoms with Crippen molar-refractivity contribution in [3.05, 3.63) is 81.6 Å². The van der Waals surface area contributed by atoms with Crippen LogP contribution in [0.25, 0.3) is 33.6 Å². The van der Waals surface area contributed by atoms with Crippen molar-refractivity contribution in [3.8, 4) is 22.7 Å². The van der Waals surface area contributed by atoms with E-state index in [1.54, 1.807) is 0 Å². The molecule has 0 aliphatic heterocycles. The van der Waals surface area contributed by atoms with E-state index in [9.17, 15) is 27.6 Å². The molecule has 2 aromatic heterocycles. The van der Waals surface area contributed by atoms with E-state index in [1.165, 1.54) is 24.3 Å². The summed E-state index contributed by atoms with van der Waals surface area (Å²) < 4.78 is 62.8. The van der Waals surface area contributed by atoms with E-state index in [1.807, 2.05) is 0 Å². The van der Waals surface area contributed by atoms with Crippen molar-refractivity contribution < 1.29 is 36.7 Å². The summed E-state index contributed by atoms with van der Waals surface area (Å²) in [6, 6.07) is 7.09. The Labute approximate surface area is 220 Å². The van der Waals surface area contributed by atoms with Gasteiger partial charge in [-0.2, -0.15) is 23.0 Å². The van der Waals surface area contributed by atoms with E-state index < -0.39 is 46.0 Å². The summed E-state index contributed by atoms with van der Waals surface area (Å²) in [6.45, 7) is 1.03. The first-order valence-corrected chi connectivity index (χ1v) is 11.5. The SMILES string of the molecule is CC1(C(=O)n2nc(-c3ccc(C(=O)O)cc3F)c3ccc(-c4n[nH]c(=O)o4)cc32)C(Cl)=CC=CC1C(F)(F)F. The van der Waals surface area contributed by atoms with Gasteiger partial charge in [0.25, 0.3) is 5.91 Å². The number of alkyl halides is 3. The Kier molecular flexibility index (Phi) is 6.06. The monoisotopic (exact) mass is 562 g/mol. The van der Waals surface area contributed by atoms with Crippen LogP contribution in [0.1, 0.15) is 22.1 Å². The molecular weight excluding hydrogens is 548 g/mol. The van der Waals surface area contributed by atoms with Gasteiger partial charge in [0.2, 0.25) is 5.89 Å². The van der Waals surface area contributed by atoms with Crippen molar-refractivity contribution in [2.75, 3.05) is 0 Å². The van der Waals surface area contributed by atoms with E-state index in [-0.39, 0.29) is 39.2 Å². The minimum Gasteiger partial charge on any atom is -0.478 e. The van der Waals surface area contributed by atoms with Crippen LogP contribution in [0.2, 0.25) is 0 Å². The molecule has 1 aliphatic carbocycles. The van der Waals surface area contributed by atoms with Crippen LogP contribution in [0.4, 0.5) is 17.6 Å². The second-order valence-corrected chi connectivity index (χ2v) is 9.24. The van der Waals surface area contributed by atoms with Crippen molar-refractivity contribution >= 4 is 34.4 Å². The number of nitrogens with one attached hydrogen (secondary N) is 1. The standard InChI is InChI=1S/C25H15ClF4N4O5/c1-24(17(25(28,29)30)3-2-4-18(24)26)22(37)34-16-10-11(20-31-32-23(38)39-20)5-8-14(16)19(33-34)13-7-6-12(21(35)36)9-15(13)27/h2-10,17H,1H3,(H,32,38)(H,35,36). The molecule has 200 valence electrons. The van der Waals surface area contributed by atoms with E-state index in [2.05, 4.69) is 15.3 Å². The molecule has 0 saturated heterocycles. The number of nitrogens with zero attached hydrogens (tertiary/aromatic N) is 3. The van der Waals surface area contributed by atoms with Crippen LogP contribution in [0, 0.1) is 17.2 Å². The Balaban J connectivity index is 1.77. The molecule has 9 nitrogen and oxygen atoms in total. The highest BCUT2D eigenvalue weighted by molar-refractivity contribution is 6.32. The number of allylic oxidation sites excluding steroid dienone is 4. The third kappa shape index (κ3) is 4.24. The zero-order chi connectivity index (χ0) is 28.3. The number of carbonyl (C=O) groups excluding carboxylic acids is 1. The number of halogens is 5. The molecule has 0 fully saturated rings. The summed E-state index contributed by atoms with van der Waals surface area (Å²) >= 11 is 6.22. The summed E-state index contributed by atoms with van der Waals surface area (Å²) in [4.78, 5) is 36.6. The fourth-order valence-corrected chi connectivity index (χ4v) is 4.72. The lowest BCUT2D eigenvalue weighted by Gasteiger charge is -2.36. The third-order valence-corrected chi connectivity index (χ3v) is 7.01. The topological polar surface area (TPSA) is 131 Å².